The molecule has 15 rings (SSSR count). The number of benzene rings is 5. The minimum Gasteiger partial charge on any atom is -0.870 e. The molecule has 6 saturated carbocycles. The Balaban J connectivity index is 0.000000266. The van der Waals surface area contributed by atoms with Gasteiger partial charge in [-0.15, -0.1) is 0 Å². The number of ether oxygens (including phenoxy) is 5. The normalized spacial score (nSPS) is 24.9. The number of anilines is 3. The van der Waals surface area contributed by atoms with E-state index in [2.05, 4.69) is 35.6 Å². The number of hydrogen-bond acceptors (Lipinski definition) is 20. The van der Waals surface area contributed by atoms with Crippen LogP contribution in [0.5, 0.6) is 0 Å². The summed E-state index contributed by atoms with van der Waals surface area (Å²) in [6.45, 7) is 10.7. The Labute approximate surface area is 652 Å². The Morgan fingerprint density at radius 3 is 1.32 bits per heavy atom. The molecule has 0 spiro atoms. The molecule has 1 saturated heterocycles. The van der Waals surface area contributed by atoms with Crippen LogP contribution in [0.2, 0.25) is 0 Å². The van der Waals surface area contributed by atoms with Crippen LogP contribution in [0.4, 0.5) is 17.1 Å². The number of aliphatic hydroxyl groups excluding tert-OH is 3. The second kappa shape index (κ2) is 47.2. The van der Waals surface area contributed by atoms with Crippen LogP contribution in [0.1, 0.15) is 153 Å². The summed E-state index contributed by atoms with van der Waals surface area (Å²) in [6, 6.07) is 43.0. The van der Waals surface area contributed by atoms with E-state index in [-0.39, 0.29) is 151 Å². The monoisotopic (exact) mass is 1510 g/mol. The van der Waals surface area contributed by atoms with Gasteiger partial charge < -0.3 is 64.7 Å². The third-order valence-corrected chi connectivity index (χ3v) is 20.1. The number of para-hydroxylation sites is 3. The van der Waals surface area contributed by atoms with E-state index < -0.39 is 12.3 Å². The summed E-state index contributed by atoms with van der Waals surface area (Å²) < 4.78 is 24.6. The molecule has 584 valence electrons. The van der Waals surface area contributed by atoms with Crippen LogP contribution >= 0.6 is 11.6 Å². The second-order valence-corrected chi connectivity index (χ2v) is 29.2. The van der Waals surface area contributed by atoms with Gasteiger partial charge in [-0.3, -0.25) is 48.6 Å². The van der Waals surface area contributed by atoms with Crippen molar-refractivity contribution in [2.45, 2.75) is 182 Å². The van der Waals surface area contributed by atoms with E-state index in [4.69, 9.17) is 46.5 Å². The maximum absolute atomic E-state index is 12.8. The smallest absolute Gasteiger partial charge is 0.870 e. The van der Waals surface area contributed by atoms with E-state index in [0.717, 1.165) is 128 Å². The molecule has 25 heteroatoms. The number of hydrogen-bond donors (Lipinski definition) is 6. The number of nitrogens with zero attached hydrogens (tertiary/aromatic N) is 2. The molecule has 5 aromatic carbocycles. The maximum atomic E-state index is 12.8. The average Bonchev–Trinajstić information content (AvgIpc) is 0.884. The van der Waals surface area contributed by atoms with Gasteiger partial charge in [-0.2, -0.15) is 0 Å². The molecule has 0 bridgehead atoms. The van der Waals surface area contributed by atoms with Crippen molar-refractivity contribution < 1.29 is 112 Å². The minimum atomic E-state index is -0.622. The topological polar surface area (TPSA) is 353 Å². The molecule has 108 heavy (non-hydrogen) atoms. The van der Waals surface area contributed by atoms with Crippen molar-refractivity contribution in [2.75, 3.05) is 55.6 Å². The van der Waals surface area contributed by atoms with Crippen LogP contribution in [0.3, 0.4) is 0 Å². The molecule has 1 atom stereocenters. The van der Waals surface area contributed by atoms with Crippen LogP contribution in [0, 0.1) is 58.7 Å². The molecule has 23 nitrogen and oxygen atoms in total. The standard InChI is InChI=1S/C21H21NO3.C14H15NO3.C9H9NO.C9H11NO.C7H12O2.C6H9ClO.C6H10O3.C6H10O2.C4H8O2.CH4.Li.H2O/c23-18-10-16-8-4-5-9-20(16)22(13-18)21(24)17-11-19(12-17)25-14-15-6-2-1-3-7-15;16-11-6-10(7-11)14(18)15-8-12(17)5-9-3-1-2-4-13(9)15;11-8-5-7-3-1-2-4-9(7)10-6-8;1-8(10)11-7-9-5-3-2-4-6-9;1-5-3-6(4-5)7(8)9-2;1-4-2-5(3-4)6(7)8;1-9-6(8)4-2-5(7)3-4;1-4-2-5(3-4)6(7)8;5-4-2-1-3-6-4;;;/h1-9,17,19H,10-14H2;1-4,10-11,16H,5-8H2;1-4,10H,5-6H2;2-6,10H,7H2,1H3;5-6H,3-4H2,1-2H3;4-5H,2-3H2,1H3;4-5,7H,2-3H2,1H3;4-5H,2-3H2,1H3,(H,7,8);4-5H,1-3H2;1H4;;1H2/q;;;;;;;;;;+1;/p-1. The van der Waals surface area contributed by atoms with Crippen LogP contribution < -0.4 is 34.0 Å². The first-order valence-corrected chi connectivity index (χ1v) is 36.9. The number of carboxylic acid groups (broad SMARTS) is 1. The van der Waals surface area contributed by atoms with Crippen molar-refractivity contribution in [3.8, 4) is 0 Å². The molecule has 2 amide bonds. The molecular formula is C83H110ClLiN4O19. The van der Waals surface area contributed by atoms with E-state index in [1.54, 1.807) is 16.7 Å². The first-order valence-electron chi connectivity index (χ1n) is 36.5. The molecule has 7 fully saturated rings. The quantitative estimate of drug-likeness (QED) is 0.0236. The number of halogens is 1. The Kier molecular flexibility index (Phi) is 40.4. The van der Waals surface area contributed by atoms with Crippen molar-refractivity contribution in [1.29, 1.82) is 5.41 Å². The Morgan fingerprint density at radius 2 is 0.935 bits per heavy atom. The third kappa shape index (κ3) is 30.1. The summed E-state index contributed by atoms with van der Waals surface area (Å²) >= 11 is 5.21. The first kappa shape index (κ1) is 92.4. The summed E-state index contributed by atoms with van der Waals surface area (Å²) in [7, 11) is 2.82. The molecule has 0 radical (unpaired) electrons. The van der Waals surface area contributed by atoms with Gasteiger partial charge in [0.05, 0.1) is 76.5 Å². The first-order chi connectivity index (χ1) is 50.3. The van der Waals surface area contributed by atoms with Crippen molar-refractivity contribution in [3.05, 3.63) is 161 Å². The van der Waals surface area contributed by atoms with Gasteiger partial charge in [-0.25, -0.2) is 0 Å². The van der Waals surface area contributed by atoms with Gasteiger partial charge >= 0.3 is 36.8 Å². The predicted molar refractivity (Wildman–Crippen MR) is 407 cm³/mol. The predicted octanol–water partition coefficient (Wildman–Crippen LogP) is 9.11. The van der Waals surface area contributed by atoms with Gasteiger partial charge in [-0.1, -0.05) is 143 Å². The van der Waals surface area contributed by atoms with Gasteiger partial charge in [0.2, 0.25) is 17.1 Å². The number of nitrogens with one attached hydrogen (secondary N) is 2. The van der Waals surface area contributed by atoms with Gasteiger partial charge in [0, 0.05) is 74.0 Å². The van der Waals surface area contributed by atoms with Gasteiger partial charge in [0.15, 0.2) is 29.5 Å². The Morgan fingerprint density at radius 1 is 0.537 bits per heavy atom. The summed E-state index contributed by atoms with van der Waals surface area (Å²) in [5.41, 5.74) is 8.07. The van der Waals surface area contributed by atoms with Crippen LogP contribution in [0.15, 0.2) is 133 Å². The molecule has 1 unspecified atom stereocenters. The van der Waals surface area contributed by atoms with Gasteiger partial charge in [-0.05, 0) is 159 Å². The molecule has 4 aliphatic heterocycles. The van der Waals surface area contributed by atoms with E-state index in [1.807, 2.05) is 133 Å². The number of Topliss-reactive ketones (excluding diaryl/α,β-unsaturated/α-hetero) is 3. The number of carbonyl (C=O) groups excluding carboxylic acids is 8. The minimum absolute atomic E-state index is 0. The molecule has 10 aliphatic rings. The van der Waals surface area contributed by atoms with Crippen molar-refractivity contribution in [1.82, 2.24) is 0 Å². The zero-order chi connectivity index (χ0) is 76.1. The number of ketones is 3. The summed E-state index contributed by atoms with van der Waals surface area (Å²) in [4.78, 5) is 105. The maximum Gasteiger partial charge on any atom is 1.00 e. The zero-order valence-corrected chi connectivity index (χ0v) is 63.5. The number of methoxy groups -OCH3 is 2. The number of aliphatic hydroxyl groups is 3. The Bertz CT molecular complexity index is 3600. The fourth-order valence-corrected chi connectivity index (χ4v) is 13.4. The van der Waals surface area contributed by atoms with E-state index >= 15 is 0 Å². The fourth-order valence-electron chi connectivity index (χ4n) is 13.3. The zero-order valence-electron chi connectivity index (χ0n) is 62.7. The van der Waals surface area contributed by atoms with E-state index in [9.17, 15) is 48.3 Å². The molecular weight excluding hydrogens is 1400 g/mol. The molecule has 5 aromatic rings. The number of carboxylic acids is 1. The largest absolute Gasteiger partial charge is 1.00 e. The number of esters is 2. The van der Waals surface area contributed by atoms with Gasteiger partial charge in [0.25, 0.3) is 0 Å². The molecule has 7 N–H and O–H groups in total. The third-order valence-electron chi connectivity index (χ3n) is 19.8. The van der Waals surface area contributed by atoms with E-state index in [0.29, 0.717) is 70.6 Å². The molecule has 0 aromatic heterocycles. The molecule has 4 heterocycles. The van der Waals surface area contributed by atoms with Gasteiger partial charge in [0.1, 0.15) is 6.61 Å². The molecule has 6 aliphatic carbocycles. The number of rotatable bonds is 11. The van der Waals surface area contributed by atoms with Crippen molar-refractivity contribution in [3.63, 3.8) is 0 Å². The van der Waals surface area contributed by atoms with Crippen LogP contribution in [-0.2, 0) is 99.3 Å². The number of amides is 2. The van der Waals surface area contributed by atoms with Crippen molar-refractivity contribution >= 4 is 86.9 Å². The Hall–Kier alpha value is -7.95. The second-order valence-electron chi connectivity index (χ2n) is 28.8. The van der Waals surface area contributed by atoms with Crippen LogP contribution in [-0.4, -0.2) is 149 Å². The summed E-state index contributed by atoms with van der Waals surface area (Å²) in [5, 5.41) is 44.8. The summed E-state index contributed by atoms with van der Waals surface area (Å²) in [5.74, 6) is 2.15. The summed E-state index contributed by atoms with van der Waals surface area (Å²) in [6.07, 6.45) is 11.8. The van der Waals surface area contributed by atoms with E-state index in [1.165, 1.54) is 14.2 Å². The average molecular weight is 1510 g/mol. The SMILES string of the molecule is C.CC(=N)OCc1ccccc1.CC1CC(C(=O)Cl)C1.CC1CC(C(=O)O)C1.COC(=O)C1CC(C)C1.COC(=O)C1CC(O)C1.O=C1CNc2ccccc2C1.O=C1Cc2ccccc2N(C(=O)C2CC(O)C2)C1.O=C1Cc2ccccc2N(C(=O)C2CC(OCc3ccccc3)C2)C1.OC1CCCO1.[Li+].[OH-]. The number of fused-ring (bicyclic) bond motifs is 3. The number of carbonyl (C=O) groups is 9. The fraction of sp³-hybridized carbons (Fsp3) is 0.518. The van der Waals surface area contributed by atoms with Crippen molar-refractivity contribution in [2.24, 2.45) is 53.3 Å². The van der Waals surface area contributed by atoms with Crippen LogP contribution in [0.25, 0.3) is 0 Å². The number of aliphatic carboxylic acids is 1.